The van der Waals surface area contributed by atoms with E-state index in [1.165, 1.54) is 0 Å². The van der Waals surface area contributed by atoms with Gasteiger partial charge in [0.25, 0.3) is 0 Å². The molecular weight excluding hydrogens is 276 g/mol. The first-order valence-electron chi connectivity index (χ1n) is 6.04. The Kier molecular flexibility index (Phi) is 5.49. The molecule has 0 spiro atoms. The summed E-state index contributed by atoms with van der Waals surface area (Å²) in [6, 6.07) is -1.65. The van der Waals surface area contributed by atoms with Crippen molar-refractivity contribution in [1.29, 1.82) is 0 Å². The van der Waals surface area contributed by atoms with Gasteiger partial charge in [0.1, 0.15) is 0 Å². The molecule has 1 saturated heterocycles. The number of hydrogen-bond acceptors (Lipinski definition) is 2. The van der Waals surface area contributed by atoms with Crippen molar-refractivity contribution in [2.45, 2.75) is 37.7 Å². The molecule has 0 aromatic carbocycles. The van der Waals surface area contributed by atoms with Crippen LogP contribution in [0.15, 0.2) is 0 Å². The van der Waals surface area contributed by atoms with E-state index in [9.17, 15) is 26.3 Å². The van der Waals surface area contributed by atoms with E-state index in [0.717, 1.165) is 7.05 Å². The van der Waals surface area contributed by atoms with Crippen LogP contribution in [0.2, 0.25) is 0 Å². The zero-order valence-electron chi connectivity index (χ0n) is 10.4. The zero-order chi connectivity index (χ0) is 14.7. The number of hydrogen-bond donors (Lipinski definition) is 1. The van der Waals surface area contributed by atoms with Crippen molar-refractivity contribution in [2.75, 3.05) is 20.3 Å². The van der Waals surface area contributed by atoms with E-state index in [1.807, 2.05) is 0 Å². The molecule has 0 bridgehead atoms. The Balaban J connectivity index is 2.78. The Hall–Kier alpha value is -0.500. The van der Waals surface area contributed by atoms with Crippen LogP contribution in [-0.4, -0.2) is 38.7 Å². The highest BCUT2D eigenvalue weighted by molar-refractivity contribution is 4.88. The van der Waals surface area contributed by atoms with Crippen molar-refractivity contribution in [3.05, 3.63) is 0 Å². The molecule has 0 aromatic rings. The van der Waals surface area contributed by atoms with Gasteiger partial charge in [0, 0.05) is 19.3 Å². The van der Waals surface area contributed by atoms with Crippen molar-refractivity contribution in [3.63, 3.8) is 0 Å². The molecule has 8 heteroatoms. The predicted molar refractivity (Wildman–Crippen MR) is 56.6 cm³/mol. The quantitative estimate of drug-likeness (QED) is 0.804. The Labute approximate surface area is 107 Å². The molecule has 19 heavy (non-hydrogen) atoms. The third-order valence-electron chi connectivity index (χ3n) is 3.41. The highest BCUT2D eigenvalue weighted by Gasteiger charge is 2.59. The van der Waals surface area contributed by atoms with Gasteiger partial charge in [-0.1, -0.05) is 0 Å². The average molecular weight is 293 g/mol. The largest absolute Gasteiger partial charge is 0.401 e. The normalized spacial score (nSPS) is 20.8. The van der Waals surface area contributed by atoms with Gasteiger partial charge in [-0.15, -0.1) is 0 Å². The number of ether oxygens (including phenoxy) is 1. The topological polar surface area (TPSA) is 21.3 Å². The monoisotopic (exact) mass is 293 g/mol. The van der Waals surface area contributed by atoms with E-state index in [-0.39, 0.29) is 12.3 Å². The van der Waals surface area contributed by atoms with Gasteiger partial charge in [-0.3, -0.25) is 0 Å². The lowest BCUT2D eigenvalue weighted by molar-refractivity contribution is -0.292. The second-order valence-corrected chi connectivity index (χ2v) is 4.75. The third-order valence-corrected chi connectivity index (χ3v) is 3.41. The summed E-state index contributed by atoms with van der Waals surface area (Å²) in [4.78, 5) is 0. The van der Waals surface area contributed by atoms with Crippen molar-refractivity contribution in [1.82, 2.24) is 5.32 Å². The Morgan fingerprint density at radius 3 is 1.89 bits per heavy atom. The molecule has 1 unspecified atom stereocenters. The summed E-state index contributed by atoms with van der Waals surface area (Å²) in [5.74, 6) is -3.49. The third kappa shape index (κ3) is 4.83. The number of alkyl halides is 6. The maximum atomic E-state index is 12.6. The lowest BCUT2D eigenvalue weighted by Gasteiger charge is -2.33. The summed E-state index contributed by atoms with van der Waals surface area (Å²) in [5, 5.41) is 2.18. The molecular formula is C11H17F6NO. The smallest absolute Gasteiger partial charge is 0.381 e. The summed E-state index contributed by atoms with van der Waals surface area (Å²) in [6.07, 6.45) is -9.74. The Bertz CT molecular complexity index is 257. The van der Waals surface area contributed by atoms with Gasteiger partial charge in [0.2, 0.25) is 0 Å². The summed E-state index contributed by atoms with van der Waals surface area (Å²) >= 11 is 0. The number of nitrogens with one attached hydrogen (secondary N) is 1. The van der Waals surface area contributed by atoms with Crippen LogP contribution in [0.4, 0.5) is 26.3 Å². The van der Waals surface area contributed by atoms with Crippen LogP contribution in [0.5, 0.6) is 0 Å². The minimum atomic E-state index is -5.29. The Morgan fingerprint density at radius 2 is 1.53 bits per heavy atom. The lowest BCUT2D eigenvalue weighted by Crippen LogP contribution is -2.51. The van der Waals surface area contributed by atoms with Crippen LogP contribution in [0.1, 0.15) is 19.3 Å². The minimum absolute atomic E-state index is 0.149. The summed E-state index contributed by atoms with van der Waals surface area (Å²) in [7, 11) is 1.13. The molecule has 114 valence electrons. The maximum absolute atomic E-state index is 12.6. The first kappa shape index (κ1) is 16.6. The summed E-state index contributed by atoms with van der Waals surface area (Å²) in [6.45, 7) is 0.785. The van der Waals surface area contributed by atoms with E-state index >= 15 is 0 Å². The fourth-order valence-corrected chi connectivity index (χ4v) is 2.40. The molecule has 0 amide bonds. The molecule has 1 aliphatic rings. The van der Waals surface area contributed by atoms with Crippen molar-refractivity contribution in [2.24, 2.45) is 11.8 Å². The van der Waals surface area contributed by atoms with E-state index in [4.69, 9.17) is 4.74 Å². The van der Waals surface area contributed by atoms with Crippen LogP contribution in [-0.2, 0) is 4.74 Å². The second kappa shape index (κ2) is 6.30. The van der Waals surface area contributed by atoms with E-state index in [0.29, 0.717) is 26.1 Å². The molecule has 2 nitrogen and oxygen atoms in total. The van der Waals surface area contributed by atoms with Gasteiger partial charge >= 0.3 is 12.4 Å². The molecule has 0 aromatic heterocycles. The maximum Gasteiger partial charge on any atom is 0.401 e. The molecule has 0 saturated carbocycles. The highest BCUT2D eigenvalue weighted by Crippen LogP contribution is 2.43. The highest BCUT2D eigenvalue weighted by atomic mass is 19.4. The van der Waals surface area contributed by atoms with Crippen LogP contribution in [0.3, 0.4) is 0 Å². The molecule has 1 heterocycles. The standard InChI is InChI=1S/C11H17F6NO/c1-18-8(6-7-2-4-19-5-3-7)9(10(12,13)14)11(15,16)17/h7-9,18H,2-6H2,1H3. The molecule has 0 aliphatic carbocycles. The van der Waals surface area contributed by atoms with Crippen molar-refractivity contribution < 1.29 is 31.1 Å². The first-order chi connectivity index (χ1) is 8.66. The summed E-state index contributed by atoms with van der Waals surface area (Å²) in [5.41, 5.74) is 0. The van der Waals surface area contributed by atoms with Crippen molar-refractivity contribution in [3.8, 4) is 0 Å². The van der Waals surface area contributed by atoms with Gasteiger partial charge in [0.15, 0.2) is 5.92 Å². The van der Waals surface area contributed by atoms with Crippen LogP contribution in [0.25, 0.3) is 0 Å². The Morgan fingerprint density at radius 1 is 1.05 bits per heavy atom. The van der Waals surface area contributed by atoms with E-state index in [2.05, 4.69) is 5.32 Å². The molecule has 1 rings (SSSR count). The molecule has 1 fully saturated rings. The lowest BCUT2D eigenvalue weighted by atomic mass is 9.86. The van der Waals surface area contributed by atoms with Gasteiger partial charge in [-0.2, -0.15) is 26.3 Å². The SMILES string of the molecule is CNC(CC1CCOCC1)C(C(F)(F)F)C(F)(F)F. The molecule has 1 N–H and O–H groups in total. The predicted octanol–water partition coefficient (Wildman–Crippen LogP) is 3.13. The second-order valence-electron chi connectivity index (χ2n) is 4.75. The van der Waals surface area contributed by atoms with Crippen molar-refractivity contribution >= 4 is 0 Å². The fraction of sp³-hybridized carbons (Fsp3) is 1.00. The number of rotatable bonds is 4. The van der Waals surface area contributed by atoms with E-state index < -0.39 is 24.3 Å². The number of halogens is 6. The van der Waals surface area contributed by atoms with Gasteiger partial charge in [-0.25, -0.2) is 0 Å². The average Bonchev–Trinajstić information content (AvgIpc) is 2.25. The van der Waals surface area contributed by atoms with Crippen LogP contribution in [0, 0.1) is 11.8 Å². The zero-order valence-corrected chi connectivity index (χ0v) is 10.4. The first-order valence-corrected chi connectivity index (χ1v) is 6.04. The van der Waals surface area contributed by atoms with Crippen LogP contribution >= 0.6 is 0 Å². The van der Waals surface area contributed by atoms with E-state index in [1.54, 1.807) is 0 Å². The molecule has 0 radical (unpaired) electrons. The molecule has 1 atom stereocenters. The van der Waals surface area contributed by atoms with Crippen LogP contribution < -0.4 is 5.32 Å². The minimum Gasteiger partial charge on any atom is -0.381 e. The molecule has 1 aliphatic heterocycles. The van der Waals surface area contributed by atoms with Gasteiger partial charge in [-0.05, 0) is 32.2 Å². The van der Waals surface area contributed by atoms with Gasteiger partial charge < -0.3 is 10.1 Å². The fourth-order valence-electron chi connectivity index (χ4n) is 2.40. The van der Waals surface area contributed by atoms with Gasteiger partial charge in [0.05, 0.1) is 0 Å². The summed E-state index contributed by atoms with van der Waals surface area (Å²) < 4.78 is 80.8.